The average molecular weight is 271 g/mol. The maximum atomic E-state index is 12.2. The van der Waals surface area contributed by atoms with Crippen LogP contribution in [-0.4, -0.2) is 34.7 Å². The zero-order valence-corrected chi connectivity index (χ0v) is 12.7. The molecule has 1 amide bonds. The highest BCUT2D eigenvalue weighted by atomic mass is 16.2. The van der Waals surface area contributed by atoms with E-state index in [9.17, 15) is 4.79 Å². The summed E-state index contributed by atoms with van der Waals surface area (Å²) in [5.41, 5.74) is 3.81. The van der Waals surface area contributed by atoms with Gasteiger partial charge in [-0.1, -0.05) is 31.5 Å². The number of amides is 1. The molecule has 1 aromatic carbocycles. The third-order valence-corrected chi connectivity index (χ3v) is 3.27. The van der Waals surface area contributed by atoms with Crippen molar-refractivity contribution in [2.45, 2.75) is 26.7 Å². The molecule has 0 spiro atoms. The van der Waals surface area contributed by atoms with Gasteiger partial charge < -0.3 is 4.90 Å². The molecule has 20 heavy (non-hydrogen) atoms. The number of nitrogens with zero attached hydrogens (tertiary/aromatic N) is 3. The normalized spacial score (nSPS) is 10.9. The SMILES string of the molecule is Cc1ccc(-n2ncc(C(=O)N(C)C)c2C(C)C)cc1. The molecule has 2 aromatic rings. The molecular weight excluding hydrogens is 250 g/mol. The van der Waals surface area contributed by atoms with Gasteiger partial charge in [-0.05, 0) is 25.0 Å². The van der Waals surface area contributed by atoms with Gasteiger partial charge in [-0.25, -0.2) is 4.68 Å². The Morgan fingerprint density at radius 2 is 1.80 bits per heavy atom. The van der Waals surface area contributed by atoms with Crippen LogP contribution < -0.4 is 0 Å². The molecule has 2 rings (SSSR count). The zero-order chi connectivity index (χ0) is 14.9. The largest absolute Gasteiger partial charge is 0.345 e. The van der Waals surface area contributed by atoms with Crippen molar-refractivity contribution in [3.8, 4) is 5.69 Å². The Hall–Kier alpha value is -2.10. The maximum Gasteiger partial charge on any atom is 0.256 e. The Labute approximate surface area is 120 Å². The van der Waals surface area contributed by atoms with Crippen LogP contribution in [0.5, 0.6) is 0 Å². The fraction of sp³-hybridized carbons (Fsp3) is 0.375. The Kier molecular flexibility index (Phi) is 3.93. The Balaban J connectivity index is 2.55. The first-order chi connectivity index (χ1) is 9.41. The average Bonchev–Trinajstić information content (AvgIpc) is 2.83. The van der Waals surface area contributed by atoms with Crippen molar-refractivity contribution in [3.05, 3.63) is 47.3 Å². The topological polar surface area (TPSA) is 38.1 Å². The second-order valence-corrected chi connectivity index (χ2v) is 5.55. The van der Waals surface area contributed by atoms with Crippen LogP contribution in [0.2, 0.25) is 0 Å². The van der Waals surface area contributed by atoms with E-state index in [0.29, 0.717) is 5.56 Å². The molecule has 0 unspecified atom stereocenters. The summed E-state index contributed by atoms with van der Waals surface area (Å²) >= 11 is 0. The van der Waals surface area contributed by atoms with Gasteiger partial charge in [0.2, 0.25) is 0 Å². The predicted molar refractivity (Wildman–Crippen MR) is 80.4 cm³/mol. The quantitative estimate of drug-likeness (QED) is 0.860. The van der Waals surface area contributed by atoms with E-state index in [-0.39, 0.29) is 11.8 Å². The fourth-order valence-corrected chi connectivity index (χ4v) is 2.21. The number of carbonyl (C=O) groups is 1. The van der Waals surface area contributed by atoms with Crippen molar-refractivity contribution in [2.24, 2.45) is 0 Å². The summed E-state index contributed by atoms with van der Waals surface area (Å²) in [7, 11) is 3.52. The highest BCUT2D eigenvalue weighted by Gasteiger charge is 2.21. The van der Waals surface area contributed by atoms with Crippen LogP contribution in [0, 0.1) is 6.92 Å². The summed E-state index contributed by atoms with van der Waals surface area (Å²) < 4.78 is 1.86. The molecule has 0 aliphatic rings. The second kappa shape index (κ2) is 5.49. The molecule has 0 atom stereocenters. The molecule has 1 aromatic heterocycles. The molecule has 0 saturated heterocycles. The van der Waals surface area contributed by atoms with Crippen LogP contribution in [0.25, 0.3) is 5.69 Å². The first-order valence-corrected chi connectivity index (χ1v) is 6.78. The number of carbonyl (C=O) groups excluding carboxylic acids is 1. The standard InChI is InChI=1S/C16H21N3O/c1-11(2)15-14(16(20)18(4)5)10-17-19(15)13-8-6-12(3)7-9-13/h6-11H,1-5H3. The minimum Gasteiger partial charge on any atom is -0.345 e. The third kappa shape index (κ3) is 2.59. The van der Waals surface area contributed by atoms with Crippen molar-refractivity contribution in [1.82, 2.24) is 14.7 Å². The first-order valence-electron chi connectivity index (χ1n) is 6.78. The van der Waals surface area contributed by atoms with Gasteiger partial charge in [-0.3, -0.25) is 4.79 Å². The van der Waals surface area contributed by atoms with E-state index in [1.807, 2.05) is 16.8 Å². The van der Waals surface area contributed by atoms with E-state index >= 15 is 0 Å². The van der Waals surface area contributed by atoms with E-state index in [2.05, 4.69) is 38.0 Å². The van der Waals surface area contributed by atoms with E-state index in [1.54, 1.807) is 25.2 Å². The molecule has 0 aliphatic heterocycles. The van der Waals surface area contributed by atoms with Crippen LogP contribution in [0.3, 0.4) is 0 Å². The van der Waals surface area contributed by atoms with Crippen molar-refractivity contribution < 1.29 is 4.79 Å². The van der Waals surface area contributed by atoms with Crippen LogP contribution in [-0.2, 0) is 0 Å². The van der Waals surface area contributed by atoms with Gasteiger partial charge in [-0.15, -0.1) is 0 Å². The Morgan fingerprint density at radius 3 is 2.30 bits per heavy atom. The molecule has 1 heterocycles. The predicted octanol–water partition coefficient (Wildman–Crippen LogP) is 3.01. The monoisotopic (exact) mass is 271 g/mol. The summed E-state index contributed by atoms with van der Waals surface area (Å²) in [5, 5.41) is 4.41. The molecule has 0 radical (unpaired) electrons. The van der Waals surface area contributed by atoms with E-state index in [0.717, 1.165) is 11.4 Å². The lowest BCUT2D eigenvalue weighted by Gasteiger charge is -2.15. The maximum absolute atomic E-state index is 12.2. The van der Waals surface area contributed by atoms with Crippen LogP contribution in [0.4, 0.5) is 0 Å². The summed E-state index contributed by atoms with van der Waals surface area (Å²) in [5.74, 6) is 0.213. The second-order valence-electron chi connectivity index (χ2n) is 5.55. The molecular formula is C16H21N3O. The molecule has 106 valence electrons. The van der Waals surface area contributed by atoms with Gasteiger partial charge in [0.15, 0.2) is 0 Å². The molecule has 4 nitrogen and oxygen atoms in total. The van der Waals surface area contributed by atoms with Gasteiger partial charge in [0.05, 0.1) is 23.1 Å². The van der Waals surface area contributed by atoms with Gasteiger partial charge in [0.1, 0.15) is 0 Å². The molecule has 0 N–H and O–H groups in total. The number of aryl methyl sites for hydroxylation is 1. The van der Waals surface area contributed by atoms with Crippen molar-refractivity contribution in [2.75, 3.05) is 14.1 Å². The van der Waals surface area contributed by atoms with E-state index < -0.39 is 0 Å². The lowest BCUT2D eigenvalue weighted by atomic mass is 10.0. The Morgan fingerprint density at radius 1 is 1.20 bits per heavy atom. The van der Waals surface area contributed by atoms with E-state index in [1.165, 1.54) is 5.56 Å². The molecule has 0 bridgehead atoms. The van der Waals surface area contributed by atoms with Gasteiger partial charge >= 0.3 is 0 Å². The van der Waals surface area contributed by atoms with Gasteiger partial charge in [0, 0.05) is 14.1 Å². The highest BCUT2D eigenvalue weighted by Crippen LogP contribution is 2.24. The van der Waals surface area contributed by atoms with Crippen molar-refractivity contribution in [1.29, 1.82) is 0 Å². The van der Waals surface area contributed by atoms with Crippen LogP contribution in [0.15, 0.2) is 30.5 Å². The van der Waals surface area contributed by atoms with Crippen LogP contribution in [0.1, 0.15) is 41.4 Å². The fourth-order valence-electron chi connectivity index (χ4n) is 2.21. The number of benzene rings is 1. The van der Waals surface area contributed by atoms with E-state index in [4.69, 9.17) is 0 Å². The third-order valence-electron chi connectivity index (χ3n) is 3.27. The zero-order valence-electron chi connectivity index (χ0n) is 12.7. The molecule has 4 heteroatoms. The first kappa shape index (κ1) is 14.3. The molecule has 0 aliphatic carbocycles. The van der Waals surface area contributed by atoms with Crippen LogP contribution >= 0.6 is 0 Å². The number of aromatic nitrogens is 2. The summed E-state index contributed by atoms with van der Waals surface area (Å²) in [4.78, 5) is 13.8. The van der Waals surface area contributed by atoms with Crippen molar-refractivity contribution >= 4 is 5.91 Å². The number of rotatable bonds is 3. The lowest BCUT2D eigenvalue weighted by Crippen LogP contribution is -2.23. The number of hydrogen-bond acceptors (Lipinski definition) is 2. The van der Waals surface area contributed by atoms with Crippen molar-refractivity contribution in [3.63, 3.8) is 0 Å². The molecule has 0 saturated carbocycles. The van der Waals surface area contributed by atoms with Gasteiger partial charge in [-0.2, -0.15) is 5.10 Å². The summed E-state index contributed by atoms with van der Waals surface area (Å²) in [6.07, 6.45) is 1.66. The molecule has 0 fully saturated rings. The Bertz CT molecular complexity index is 609. The number of hydrogen-bond donors (Lipinski definition) is 0. The summed E-state index contributed by atoms with van der Waals surface area (Å²) in [6.45, 7) is 6.21. The summed E-state index contributed by atoms with van der Waals surface area (Å²) in [6, 6.07) is 8.15. The van der Waals surface area contributed by atoms with Gasteiger partial charge in [0.25, 0.3) is 5.91 Å². The highest BCUT2D eigenvalue weighted by molar-refractivity contribution is 5.95. The minimum atomic E-state index is -0.00735. The minimum absolute atomic E-state index is 0.00735. The lowest BCUT2D eigenvalue weighted by molar-refractivity contribution is 0.0826. The smallest absolute Gasteiger partial charge is 0.256 e.